The molecule has 2 aromatic carbocycles. The van der Waals surface area contributed by atoms with Gasteiger partial charge in [0.15, 0.2) is 11.4 Å². The van der Waals surface area contributed by atoms with Gasteiger partial charge < -0.3 is 19.8 Å². The number of hydrogen-bond acceptors (Lipinski definition) is 7. The molecule has 34 heavy (non-hydrogen) atoms. The van der Waals surface area contributed by atoms with Crippen LogP contribution in [0.1, 0.15) is 34.7 Å². The van der Waals surface area contributed by atoms with Crippen LogP contribution >= 0.6 is 11.6 Å². The Hall–Kier alpha value is -4.17. The van der Waals surface area contributed by atoms with Crippen LogP contribution < -0.4 is 15.4 Å². The molecule has 0 aliphatic carbocycles. The summed E-state index contributed by atoms with van der Waals surface area (Å²) < 4.78 is 11.6. The van der Waals surface area contributed by atoms with Crippen LogP contribution in [-0.2, 0) is 0 Å². The van der Waals surface area contributed by atoms with Gasteiger partial charge in [-0.15, -0.1) is 0 Å². The molecule has 0 aliphatic heterocycles. The number of anilines is 2. The maximum atomic E-state index is 12.2. The fourth-order valence-corrected chi connectivity index (χ4v) is 3.42. The Labute approximate surface area is 200 Å². The quantitative estimate of drug-likeness (QED) is 0.252. The highest BCUT2D eigenvalue weighted by Gasteiger charge is 2.12. The Balaban J connectivity index is 1.52. The predicted octanol–water partition coefficient (Wildman–Crippen LogP) is 5.92. The monoisotopic (exact) mass is 476 g/mol. The van der Waals surface area contributed by atoms with E-state index in [1.54, 1.807) is 54.6 Å². The molecule has 0 fully saturated rings. The number of aromatic nitrogens is 2. The largest absolute Gasteiger partial charge is 0.457 e. The molecule has 0 saturated heterocycles. The number of pyridine rings is 1. The molecule has 2 N–H and O–H groups in total. The minimum Gasteiger partial charge on any atom is -0.457 e. The van der Waals surface area contributed by atoms with Crippen molar-refractivity contribution < 1.29 is 18.7 Å². The lowest BCUT2D eigenvalue weighted by atomic mass is 10.1. The van der Waals surface area contributed by atoms with Gasteiger partial charge in [0.1, 0.15) is 22.7 Å². The number of carbonyl (C=O) groups excluding carboxylic acids is 2. The first-order valence-electron chi connectivity index (χ1n) is 10.3. The van der Waals surface area contributed by atoms with Gasteiger partial charge in [-0.1, -0.05) is 17.2 Å². The number of ketones is 1. The number of nitrogens with one attached hydrogen (secondary N) is 2. The molecule has 0 bridgehead atoms. The Kier molecular flexibility index (Phi) is 6.60. The second-order valence-electron chi connectivity index (χ2n) is 7.61. The smallest absolute Gasteiger partial charge is 0.300 e. The van der Waals surface area contributed by atoms with Crippen LogP contribution in [0, 0.1) is 0 Å². The summed E-state index contributed by atoms with van der Waals surface area (Å²) in [6.45, 7) is 3.70. The lowest BCUT2D eigenvalue weighted by Gasteiger charge is -2.06. The molecule has 0 atom stereocenters. The number of ether oxygens (including phenoxy) is 1. The molecular weight excluding hydrogens is 456 g/mol. The first-order chi connectivity index (χ1) is 16.3. The molecule has 172 valence electrons. The van der Waals surface area contributed by atoms with E-state index in [1.165, 1.54) is 13.2 Å². The van der Waals surface area contributed by atoms with E-state index in [0.717, 1.165) is 5.57 Å². The number of hydrogen-bond donors (Lipinski definition) is 2. The molecule has 4 rings (SSSR count). The zero-order valence-corrected chi connectivity index (χ0v) is 19.4. The average Bonchev–Trinajstić information content (AvgIpc) is 3.19. The van der Waals surface area contributed by atoms with Crippen LogP contribution in [0.25, 0.3) is 11.1 Å². The van der Waals surface area contributed by atoms with E-state index in [-0.39, 0.29) is 23.4 Å². The molecule has 0 unspecified atom stereocenters. The molecule has 8 nitrogen and oxygen atoms in total. The van der Waals surface area contributed by atoms with Crippen molar-refractivity contribution in [3.8, 4) is 11.5 Å². The SMILES string of the molecule is CNC(=O)c1cc(Oc2ccc3oc(Nc4ccc(C(=O)C=C(C)C)c(Cl)c4)nc3c2)ccn1. The third kappa shape index (κ3) is 5.24. The normalized spacial score (nSPS) is 10.6. The summed E-state index contributed by atoms with van der Waals surface area (Å²) in [7, 11) is 1.54. The van der Waals surface area contributed by atoms with Crippen LogP contribution in [-0.4, -0.2) is 28.7 Å². The van der Waals surface area contributed by atoms with Gasteiger partial charge >= 0.3 is 0 Å². The summed E-state index contributed by atoms with van der Waals surface area (Å²) in [6.07, 6.45) is 3.04. The minimum absolute atomic E-state index is 0.150. The zero-order chi connectivity index (χ0) is 24.2. The van der Waals surface area contributed by atoms with Gasteiger partial charge in [-0.05, 0) is 56.3 Å². The Bertz CT molecular complexity index is 1420. The summed E-state index contributed by atoms with van der Waals surface area (Å²) >= 11 is 6.30. The number of oxazole rings is 1. The molecule has 0 spiro atoms. The molecule has 9 heteroatoms. The number of amides is 1. The number of rotatable bonds is 7. The summed E-state index contributed by atoms with van der Waals surface area (Å²) in [6, 6.07) is 13.7. The lowest BCUT2D eigenvalue weighted by molar-refractivity contribution is 0.0957. The number of nitrogens with zero attached hydrogens (tertiary/aromatic N) is 2. The summed E-state index contributed by atoms with van der Waals surface area (Å²) in [5.41, 5.74) is 3.32. The van der Waals surface area contributed by atoms with Crippen LogP contribution in [0.15, 0.2) is 70.8 Å². The van der Waals surface area contributed by atoms with Gasteiger partial charge in [-0.3, -0.25) is 14.6 Å². The maximum absolute atomic E-state index is 12.2. The number of allylic oxidation sites excluding steroid dienone is 2. The molecule has 1 amide bonds. The fraction of sp³-hybridized carbons (Fsp3) is 0.120. The Morgan fingerprint density at radius 3 is 2.59 bits per heavy atom. The summed E-state index contributed by atoms with van der Waals surface area (Å²) in [4.78, 5) is 32.5. The van der Waals surface area contributed by atoms with Gasteiger partial charge in [0.25, 0.3) is 11.9 Å². The van der Waals surface area contributed by atoms with E-state index >= 15 is 0 Å². The van der Waals surface area contributed by atoms with Crippen molar-refractivity contribution in [2.75, 3.05) is 12.4 Å². The van der Waals surface area contributed by atoms with E-state index in [4.69, 9.17) is 20.8 Å². The van der Waals surface area contributed by atoms with Crippen LogP contribution in [0.4, 0.5) is 11.7 Å². The summed E-state index contributed by atoms with van der Waals surface area (Å²) in [5.74, 6) is 0.531. The first kappa shape index (κ1) is 23.0. The minimum atomic E-state index is -0.303. The molecule has 0 aliphatic rings. The van der Waals surface area contributed by atoms with Crippen molar-refractivity contribution in [3.63, 3.8) is 0 Å². The van der Waals surface area contributed by atoms with Crippen molar-refractivity contribution in [1.82, 2.24) is 15.3 Å². The van der Waals surface area contributed by atoms with Crippen molar-refractivity contribution in [1.29, 1.82) is 0 Å². The third-order valence-electron chi connectivity index (χ3n) is 4.69. The van der Waals surface area contributed by atoms with Gasteiger partial charge in [0.05, 0.1) is 5.02 Å². The van der Waals surface area contributed by atoms with Crippen LogP contribution in [0.2, 0.25) is 5.02 Å². The highest BCUT2D eigenvalue weighted by Crippen LogP contribution is 2.29. The maximum Gasteiger partial charge on any atom is 0.300 e. The van der Waals surface area contributed by atoms with E-state index < -0.39 is 0 Å². The van der Waals surface area contributed by atoms with Crippen molar-refractivity contribution in [3.05, 3.63) is 82.7 Å². The van der Waals surface area contributed by atoms with Crippen molar-refractivity contribution in [2.24, 2.45) is 0 Å². The second-order valence-corrected chi connectivity index (χ2v) is 8.02. The number of fused-ring (bicyclic) bond motifs is 1. The van der Waals surface area contributed by atoms with Crippen molar-refractivity contribution in [2.45, 2.75) is 13.8 Å². The lowest BCUT2D eigenvalue weighted by Crippen LogP contribution is -2.18. The standard InChI is InChI=1S/C25H21ClN4O4/c1-14(2)10-22(31)18-6-4-15(11-19(18)26)29-25-30-20-12-16(5-7-23(20)34-25)33-17-8-9-28-21(13-17)24(32)27-3/h4-13H,1-3H3,(H,27,32)(H,29,30). The average molecular weight is 477 g/mol. The van der Waals surface area contributed by atoms with E-state index in [2.05, 4.69) is 20.6 Å². The van der Waals surface area contributed by atoms with Gasteiger partial charge in [0, 0.05) is 36.6 Å². The van der Waals surface area contributed by atoms with Crippen LogP contribution in [0.5, 0.6) is 11.5 Å². The van der Waals surface area contributed by atoms with E-state index in [1.807, 2.05) is 13.8 Å². The highest BCUT2D eigenvalue weighted by molar-refractivity contribution is 6.34. The first-order valence-corrected chi connectivity index (χ1v) is 10.7. The molecule has 4 aromatic rings. The van der Waals surface area contributed by atoms with Crippen LogP contribution in [0.3, 0.4) is 0 Å². The molecule has 0 radical (unpaired) electrons. The Morgan fingerprint density at radius 2 is 1.85 bits per heavy atom. The second kappa shape index (κ2) is 9.76. The fourth-order valence-electron chi connectivity index (χ4n) is 3.14. The summed E-state index contributed by atoms with van der Waals surface area (Å²) in [5, 5.41) is 5.91. The van der Waals surface area contributed by atoms with Gasteiger partial charge in [0.2, 0.25) is 0 Å². The molecule has 2 heterocycles. The van der Waals surface area contributed by atoms with Gasteiger partial charge in [-0.2, -0.15) is 4.98 Å². The highest BCUT2D eigenvalue weighted by atomic mass is 35.5. The number of halogens is 1. The molecule has 2 aromatic heterocycles. The zero-order valence-electron chi connectivity index (χ0n) is 18.7. The number of carbonyl (C=O) groups is 2. The topological polar surface area (TPSA) is 106 Å². The predicted molar refractivity (Wildman–Crippen MR) is 130 cm³/mol. The molecular formula is C25H21ClN4O4. The Morgan fingerprint density at radius 1 is 1.06 bits per heavy atom. The third-order valence-corrected chi connectivity index (χ3v) is 5.00. The van der Waals surface area contributed by atoms with E-state index in [0.29, 0.717) is 38.9 Å². The number of benzene rings is 2. The van der Waals surface area contributed by atoms with E-state index in [9.17, 15) is 9.59 Å². The molecule has 0 saturated carbocycles. The van der Waals surface area contributed by atoms with Gasteiger partial charge in [-0.25, -0.2) is 0 Å². The van der Waals surface area contributed by atoms with Crippen molar-refractivity contribution >= 4 is 46.1 Å².